The van der Waals surface area contributed by atoms with Gasteiger partial charge in [0.1, 0.15) is 19.3 Å². The van der Waals surface area contributed by atoms with Crippen molar-refractivity contribution < 1.29 is 80.2 Å². The lowest BCUT2D eigenvalue weighted by atomic mass is 10.0. The van der Waals surface area contributed by atoms with Gasteiger partial charge in [-0.2, -0.15) is 0 Å². The number of hydrogen-bond donors (Lipinski definition) is 3. The summed E-state index contributed by atoms with van der Waals surface area (Å²) in [6, 6.07) is 0. The van der Waals surface area contributed by atoms with E-state index in [2.05, 4.69) is 41.5 Å². The van der Waals surface area contributed by atoms with Crippen LogP contribution < -0.4 is 0 Å². The number of phosphoric acid groups is 2. The van der Waals surface area contributed by atoms with Gasteiger partial charge >= 0.3 is 39.5 Å². The predicted octanol–water partition coefficient (Wildman–Crippen LogP) is 20.4. The Morgan fingerprint density at radius 3 is 0.756 bits per heavy atom. The summed E-state index contributed by atoms with van der Waals surface area (Å²) in [5, 5.41) is 10.6. The van der Waals surface area contributed by atoms with Gasteiger partial charge in [0, 0.05) is 25.7 Å². The summed E-state index contributed by atoms with van der Waals surface area (Å²) in [6.07, 6.45) is 49.3. The molecule has 2 unspecified atom stereocenters. The van der Waals surface area contributed by atoms with Gasteiger partial charge in [0.25, 0.3) is 0 Å². The van der Waals surface area contributed by atoms with E-state index in [4.69, 9.17) is 37.0 Å². The minimum Gasteiger partial charge on any atom is -0.462 e. The molecule has 0 aliphatic carbocycles. The molecule has 5 atom stereocenters. The lowest BCUT2D eigenvalue weighted by Gasteiger charge is -2.21. The summed E-state index contributed by atoms with van der Waals surface area (Å²) in [6.45, 7) is 9.39. The van der Waals surface area contributed by atoms with Crippen molar-refractivity contribution in [1.82, 2.24) is 0 Å². The van der Waals surface area contributed by atoms with Crippen LogP contribution in [0.3, 0.4) is 0 Å². The van der Waals surface area contributed by atoms with Crippen LogP contribution in [0.15, 0.2) is 0 Å². The zero-order valence-corrected chi connectivity index (χ0v) is 60.2. The number of hydrogen-bond acceptors (Lipinski definition) is 15. The molecule has 0 saturated carbocycles. The number of ether oxygens (including phenoxy) is 4. The second-order valence-electron chi connectivity index (χ2n) is 26.6. The lowest BCUT2D eigenvalue weighted by molar-refractivity contribution is -0.161. The third kappa shape index (κ3) is 64.8. The van der Waals surface area contributed by atoms with Crippen LogP contribution >= 0.6 is 15.6 Å². The molecule has 534 valence electrons. The monoisotopic (exact) mass is 1320 g/mol. The molecule has 0 aromatic heterocycles. The van der Waals surface area contributed by atoms with Gasteiger partial charge in [-0.15, -0.1) is 0 Å². The average molecular weight is 1330 g/mol. The molecule has 17 nitrogen and oxygen atoms in total. The van der Waals surface area contributed by atoms with Crippen LogP contribution in [0.5, 0.6) is 0 Å². The molecule has 0 heterocycles. The Hall–Kier alpha value is -1.94. The number of carbonyl (C=O) groups is 4. The fourth-order valence-electron chi connectivity index (χ4n) is 10.8. The highest BCUT2D eigenvalue weighted by Crippen LogP contribution is 2.45. The van der Waals surface area contributed by atoms with Crippen LogP contribution in [-0.4, -0.2) is 96.7 Å². The summed E-state index contributed by atoms with van der Waals surface area (Å²) < 4.78 is 68.0. The Balaban J connectivity index is 5.13. The minimum atomic E-state index is -4.95. The van der Waals surface area contributed by atoms with E-state index in [0.717, 1.165) is 102 Å². The van der Waals surface area contributed by atoms with Crippen LogP contribution in [0, 0.1) is 11.8 Å². The van der Waals surface area contributed by atoms with Crippen molar-refractivity contribution in [2.24, 2.45) is 11.8 Å². The summed E-state index contributed by atoms with van der Waals surface area (Å²) >= 11 is 0. The van der Waals surface area contributed by atoms with Crippen molar-refractivity contribution in [3.05, 3.63) is 0 Å². The van der Waals surface area contributed by atoms with Crippen molar-refractivity contribution >= 4 is 39.5 Å². The SMILES string of the molecule is CCCCCCCCCCCCCCCCCCCCCC(=O)O[C@H](COC(=O)CCCCCCCCCCCCCCCCC(C)C)COP(=O)(O)OC[C@@H](O)COP(=O)(O)OC[C@@H](COC(=O)CCCCCCC)OC(=O)CCCCCCCCC(C)C. The molecule has 0 fully saturated rings. The molecule has 0 aromatic carbocycles. The minimum absolute atomic E-state index is 0.101. The van der Waals surface area contributed by atoms with Crippen LogP contribution in [-0.2, 0) is 65.4 Å². The summed E-state index contributed by atoms with van der Waals surface area (Å²) in [5.41, 5.74) is 0. The van der Waals surface area contributed by atoms with E-state index in [9.17, 15) is 43.2 Å². The number of esters is 4. The third-order valence-electron chi connectivity index (χ3n) is 16.5. The first-order valence-corrected chi connectivity index (χ1v) is 40.0. The van der Waals surface area contributed by atoms with E-state index in [-0.39, 0.29) is 25.7 Å². The fraction of sp³-hybridized carbons (Fsp3) is 0.944. The van der Waals surface area contributed by atoms with Crippen molar-refractivity contribution in [1.29, 1.82) is 0 Å². The van der Waals surface area contributed by atoms with Gasteiger partial charge in [-0.05, 0) is 37.5 Å². The second-order valence-corrected chi connectivity index (χ2v) is 29.5. The van der Waals surface area contributed by atoms with E-state index in [1.165, 1.54) is 173 Å². The molecule has 19 heteroatoms. The zero-order valence-electron chi connectivity index (χ0n) is 58.4. The maximum Gasteiger partial charge on any atom is 0.472 e. The maximum atomic E-state index is 13.0. The molecule has 0 radical (unpaired) electrons. The van der Waals surface area contributed by atoms with Gasteiger partial charge in [-0.1, -0.05) is 311 Å². The average Bonchev–Trinajstić information content (AvgIpc) is 3.71. The topological polar surface area (TPSA) is 237 Å². The van der Waals surface area contributed by atoms with Crippen molar-refractivity contribution in [2.75, 3.05) is 39.6 Å². The molecular formula is C71H138O17P2. The number of rotatable bonds is 70. The Morgan fingerprint density at radius 1 is 0.300 bits per heavy atom. The number of unbranched alkanes of at least 4 members (excludes halogenated alkanes) is 40. The smallest absolute Gasteiger partial charge is 0.462 e. The highest BCUT2D eigenvalue weighted by atomic mass is 31.2. The van der Waals surface area contributed by atoms with Crippen LogP contribution in [0.1, 0.15) is 363 Å². The molecule has 0 bridgehead atoms. The van der Waals surface area contributed by atoms with Crippen molar-refractivity contribution in [3.63, 3.8) is 0 Å². The normalized spacial score (nSPS) is 14.1. The van der Waals surface area contributed by atoms with E-state index in [0.29, 0.717) is 31.6 Å². The van der Waals surface area contributed by atoms with E-state index < -0.39 is 97.5 Å². The highest BCUT2D eigenvalue weighted by molar-refractivity contribution is 7.47. The second kappa shape index (κ2) is 63.1. The Labute approximate surface area is 549 Å². The van der Waals surface area contributed by atoms with Crippen molar-refractivity contribution in [2.45, 2.75) is 381 Å². The Bertz CT molecular complexity index is 1750. The van der Waals surface area contributed by atoms with Gasteiger partial charge in [-0.25, -0.2) is 9.13 Å². The molecule has 0 amide bonds. The molecule has 90 heavy (non-hydrogen) atoms. The van der Waals surface area contributed by atoms with Crippen LogP contribution in [0.4, 0.5) is 0 Å². The molecule has 0 rings (SSSR count). The number of aliphatic hydroxyl groups excluding tert-OH is 1. The van der Waals surface area contributed by atoms with E-state index in [1.54, 1.807) is 0 Å². The first-order valence-electron chi connectivity index (χ1n) is 37.0. The quantitative estimate of drug-likeness (QED) is 0.0222. The maximum absolute atomic E-state index is 13.0. The number of phosphoric ester groups is 2. The third-order valence-corrected chi connectivity index (χ3v) is 18.4. The largest absolute Gasteiger partial charge is 0.472 e. The molecule has 0 aliphatic rings. The van der Waals surface area contributed by atoms with Gasteiger partial charge in [-0.3, -0.25) is 37.3 Å². The predicted molar refractivity (Wildman–Crippen MR) is 363 cm³/mol. The Kier molecular flexibility index (Phi) is 61.8. The van der Waals surface area contributed by atoms with Gasteiger partial charge in [0.2, 0.25) is 0 Å². The number of carbonyl (C=O) groups excluding carboxylic acids is 4. The lowest BCUT2D eigenvalue weighted by Crippen LogP contribution is -2.30. The van der Waals surface area contributed by atoms with Gasteiger partial charge < -0.3 is 33.8 Å². The van der Waals surface area contributed by atoms with E-state index >= 15 is 0 Å². The van der Waals surface area contributed by atoms with Gasteiger partial charge in [0.15, 0.2) is 12.2 Å². The Morgan fingerprint density at radius 2 is 0.511 bits per heavy atom. The number of aliphatic hydroxyl groups is 1. The first kappa shape index (κ1) is 88.1. The molecule has 0 aliphatic heterocycles. The summed E-state index contributed by atoms with van der Waals surface area (Å²) in [5.74, 6) is -0.670. The van der Waals surface area contributed by atoms with E-state index in [1.807, 2.05) is 0 Å². The first-order chi connectivity index (χ1) is 43.4. The molecular weight excluding hydrogens is 1190 g/mol. The zero-order chi connectivity index (χ0) is 66.5. The highest BCUT2D eigenvalue weighted by Gasteiger charge is 2.30. The molecule has 0 spiro atoms. The van der Waals surface area contributed by atoms with Gasteiger partial charge in [0.05, 0.1) is 26.4 Å². The van der Waals surface area contributed by atoms with Crippen molar-refractivity contribution in [3.8, 4) is 0 Å². The standard InChI is InChI=1S/C71H138O17P2/c1-7-9-11-13-14-15-16-17-18-19-20-21-22-27-30-33-36-43-49-55-70(75)87-67(60-82-69(74)54-48-42-35-32-29-26-24-23-25-28-31-34-40-45-51-63(3)4)62-86-90(79,80)84-58-65(72)57-83-89(77,78)85-61-66(59-81-68(73)53-47-39-12-10-8-2)88-71(76)56-50-44-38-37-41-46-52-64(5)6/h63-67,72H,7-62H2,1-6H3,(H,77,78)(H,79,80)/t65-,66+,67+/m0/s1. The molecule has 0 saturated heterocycles. The summed E-state index contributed by atoms with van der Waals surface area (Å²) in [4.78, 5) is 72.2. The van der Waals surface area contributed by atoms with Crippen LogP contribution in [0.25, 0.3) is 0 Å². The summed E-state index contributed by atoms with van der Waals surface area (Å²) in [7, 11) is -9.89. The fourth-order valence-corrected chi connectivity index (χ4v) is 12.3. The molecule has 3 N–H and O–H groups in total. The van der Waals surface area contributed by atoms with Crippen LogP contribution in [0.2, 0.25) is 0 Å². The molecule has 0 aromatic rings.